The summed E-state index contributed by atoms with van der Waals surface area (Å²) in [6.07, 6.45) is -1.89. The van der Waals surface area contributed by atoms with E-state index in [0.29, 0.717) is 12.0 Å². The quantitative estimate of drug-likeness (QED) is 0.672. The third-order valence-electron chi connectivity index (χ3n) is 2.82. The second-order valence-corrected chi connectivity index (χ2v) is 6.07. The number of aliphatic hydroxyl groups excluding tert-OH is 1. The van der Waals surface area contributed by atoms with Crippen LogP contribution in [-0.2, 0) is 27.8 Å². The summed E-state index contributed by atoms with van der Waals surface area (Å²) in [7, 11) is -3.75. The van der Waals surface area contributed by atoms with Gasteiger partial charge in [0.05, 0.1) is 18.1 Å². The van der Waals surface area contributed by atoms with E-state index in [1.54, 1.807) is 6.07 Å². The molecule has 0 bridgehead atoms. The van der Waals surface area contributed by atoms with Crippen LogP contribution >= 0.6 is 0 Å². The Bertz CT molecular complexity index is 549. The number of sulfonamides is 1. The van der Waals surface area contributed by atoms with Gasteiger partial charge in [0, 0.05) is 6.54 Å². The third-order valence-corrected chi connectivity index (χ3v) is 4.28. The first-order valence-electron chi connectivity index (χ1n) is 6.49. The average molecular weight is 323 g/mol. The zero-order valence-electron chi connectivity index (χ0n) is 11.7. The van der Waals surface area contributed by atoms with E-state index in [9.17, 15) is 22.3 Å². The van der Waals surface area contributed by atoms with Gasteiger partial charge in [0.1, 0.15) is 6.61 Å². The SMILES string of the molecule is CCc1ccc(S(=O)(=O)NCCOCC(F)F)cc1CO. The molecule has 8 heteroatoms. The zero-order chi connectivity index (χ0) is 15.9. The lowest BCUT2D eigenvalue weighted by Gasteiger charge is -2.10. The van der Waals surface area contributed by atoms with Crippen LogP contribution in [0.15, 0.2) is 23.1 Å². The molecule has 21 heavy (non-hydrogen) atoms. The molecule has 0 fully saturated rings. The van der Waals surface area contributed by atoms with Crippen molar-refractivity contribution in [2.75, 3.05) is 19.8 Å². The number of ether oxygens (including phenoxy) is 1. The first-order chi connectivity index (χ1) is 9.90. The summed E-state index contributed by atoms with van der Waals surface area (Å²) < 4.78 is 54.5. The van der Waals surface area contributed by atoms with Gasteiger partial charge in [0.15, 0.2) is 0 Å². The smallest absolute Gasteiger partial charge is 0.261 e. The summed E-state index contributed by atoms with van der Waals surface area (Å²) in [5.74, 6) is 0. The highest BCUT2D eigenvalue weighted by molar-refractivity contribution is 7.89. The predicted octanol–water partition coefficient (Wildman–Crippen LogP) is 1.30. The molecule has 0 heterocycles. The van der Waals surface area contributed by atoms with E-state index in [4.69, 9.17) is 0 Å². The van der Waals surface area contributed by atoms with Gasteiger partial charge in [-0.05, 0) is 29.7 Å². The largest absolute Gasteiger partial charge is 0.392 e. The van der Waals surface area contributed by atoms with Crippen LogP contribution in [0.4, 0.5) is 8.78 Å². The van der Waals surface area contributed by atoms with Crippen LogP contribution in [0.25, 0.3) is 0 Å². The normalized spacial score (nSPS) is 12.0. The van der Waals surface area contributed by atoms with Crippen LogP contribution in [0.1, 0.15) is 18.1 Å². The second kappa shape index (κ2) is 8.38. The molecule has 1 aromatic carbocycles. The van der Waals surface area contributed by atoms with Gasteiger partial charge < -0.3 is 9.84 Å². The molecule has 0 aliphatic rings. The van der Waals surface area contributed by atoms with Gasteiger partial charge in [-0.1, -0.05) is 13.0 Å². The monoisotopic (exact) mass is 323 g/mol. The molecule has 0 radical (unpaired) electrons. The van der Waals surface area contributed by atoms with Crippen molar-refractivity contribution in [3.8, 4) is 0 Å². The number of hydrogen-bond acceptors (Lipinski definition) is 4. The second-order valence-electron chi connectivity index (χ2n) is 4.31. The van der Waals surface area contributed by atoms with Crippen LogP contribution in [0.3, 0.4) is 0 Å². The highest BCUT2D eigenvalue weighted by Gasteiger charge is 2.15. The number of halogens is 2. The zero-order valence-corrected chi connectivity index (χ0v) is 12.5. The minimum absolute atomic E-state index is 0.0256. The number of hydrogen-bond donors (Lipinski definition) is 2. The first kappa shape index (κ1) is 18.0. The van der Waals surface area contributed by atoms with Gasteiger partial charge >= 0.3 is 0 Å². The maximum atomic E-state index is 12.0. The van der Waals surface area contributed by atoms with Crippen molar-refractivity contribution in [1.29, 1.82) is 0 Å². The molecule has 120 valence electrons. The lowest BCUT2D eigenvalue weighted by atomic mass is 10.1. The van der Waals surface area contributed by atoms with Crippen molar-refractivity contribution in [3.63, 3.8) is 0 Å². The Morgan fingerprint density at radius 1 is 1.33 bits per heavy atom. The molecule has 0 amide bonds. The Hall–Kier alpha value is -1.09. The van der Waals surface area contributed by atoms with Gasteiger partial charge in [0.2, 0.25) is 10.0 Å². The van der Waals surface area contributed by atoms with Gasteiger partial charge in [-0.2, -0.15) is 0 Å². The van der Waals surface area contributed by atoms with E-state index < -0.39 is 23.1 Å². The molecule has 0 unspecified atom stereocenters. The number of aryl methyl sites for hydroxylation is 1. The predicted molar refractivity (Wildman–Crippen MR) is 73.8 cm³/mol. The Morgan fingerprint density at radius 3 is 2.62 bits per heavy atom. The van der Waals surface area contributed by atoms with Crippen LogP contribution < -0.4 is 4.72 Å². The van der Waals surface area contributed by atoms with E-state index in [0.717, 1.165) is 5.56 Å². The highest BCUT2D eigenvalue weighted by atomic mass is 32.2. The fourth-order valence-electron chi connectivity index (χ4n) is 1.77. The molecule has 0 atom stereocenters. The topological polar surface area (TPSA) is 75.6 Å². The van der Waals surface area contributed by atoms with Crippen LogP contribution in [0.5, 0.6) is 0 Å². The standard InChI is InChI=1S/C13H19F2NO4S/c1-2-10-3-4-12(7-11(10)8-17)21(18,19)16-5-6-20-9-13(14)15/h3-4,7,13,16-17H,2,5-6,8-9H2,1H3. The molecule has 0 aliphatic carbocycles. The fourth-order valence-corrected chi connectivity index (χ4v) is 2.83. The van der Waals surface area contributed by atoms with Crippen molar-refractivity contribution in [3.05, 3.63) is 29.3 Å². The molecule has 2 N–H and O–H groups in total. The molecule has 5 nitrogen and oxygen atoms in total. The Balaban J connectivity index is 2.66. The molecule has 0 spiro atoms. The summed E-state index contributed by atoms with van der Waals surface area (Å²) >= 11 is 0. The van der Waals surface area contributed by atoms with Crippen molar-refractivity contribution in [2.45, 2.75) is 31.3 Å². The van der Waals surface area contributed by atoms with E-state index in [-0.39, 0.29) is 24.7 Å². The van der Waals surface area contributed by atoms with Gasteiger partial charge in [-0.3, -0.25) is 0 Å². The van der Waals surface area contributed by atoms with Crippen molar-refractivity contribution >= 4 is 10.0 Å². The number of benzene rings is 1. The maximum absolute atomic E-state index is 12.0. The molecule has 0 saturated heterocycles. The molecule has 0 aromatic heterocycles. The minimum atomic E-state index is -3.75. The van der Waals surface area contributed by atoms with E-state index >= 15 is 0 Å². The van der Waals surface area contributed by atoms with E-state index in [1.165, 1.54) is 12.1 Å². The molecule has 1 aromatic rings. The van der Waals surface area contributed by atoms with Crippen LogP contribution in [-0.4, -0.2) is 39.7 Å². The summed E-state index contributed by atoms with van der Waals surface area (Å²) in [5.41, 5.74) is 1.42. The average Bonchev–Trinajstić information content (AvgIpc) is 2.45. The lowest BCUT2D eigenvalue weighted by Crippen LogP contribution is -2.28. The number of nitrogens with one attached hydrogen (secondary N) is 1. The summed E-state index contributed by atoms with van der Waals surface area (Å²) in [5, 5.41) is 9.23. The fraction of sp³-hybridized carbons (Fsp3) is 0.538. The third kappa shape index (κ3) is 5.66. The number of aliphatic hydroxyl groups is 1. The maximum Gasteiger partial charge on any atom is 0.261 e. The summed E-state index contributed by atoms with van der Waals surface area (Å²) in [4.78, 5) is 0.0256. The van der Waals surface area contributed by atoms with Crippen LogP contribution in [0.2, 0.25) is 0 Å². The summed E-state index contributed by atoms with van der Waals surface area (Å²) in [6, 6.07) is 4.49. The van der Waals surface area contributed by atoms with E-state index in [2.05, 4.69) is 9.46 Å². The van der Waals surface area contributed by atoms with Crippen LogP contribution in [0, 0.1) is 0 Å². The number of rotatable bonds is 9. The Kier molecular flexibility index (Phi) is 7.16. The Labute approximate surface area is 123 Å². The van der Waals surface area contributed by atoms with Crippen molar-refractivity contribution in [2.24, 2.45) is 0 Å². The number of alkyl halides is 2. The van der Waals surface area contributed by atoms with Crippen molar-refractivity contribution in [1.82, 2.24) is 4.72 Å². The van der Waals surface area contributed by atoms with Gasteiger partial charge in [-0.25, -0.2) is 21.9 Å². The molecule has 0 saturated carbocycles. The Morgan fingerprint density at radius 2 is 2.05 bits per heavy atom. The van der Waals surface area contributed by atoms with Crippen molar-refractivity contribution < 1.29 is 27.0 Å². The van der Waals surface area contributed by atoms with Gasteiger partial charge in [-0.15, -0.1) is 0 Å². The molecule has 1 rings (SSSR count). The molecular formula is C13H19F2NO4S. The van der Waals surface area contributed by atoms with E-state index in [1.807, 2.05) is 6.92 Å². The van der Waals surface area contributed by atoms with Gasteiger partial charge in [0.25, 0.3) is 6.43 Å². The summed E-state index contributed by atoms with van der Waals surface area (Å²) in [6.45, 7) is 0.704. The molecule has 0 aliphatic heterocycles. The lowest BCUT2D eigenvalue weighted by molar-refractivity contribution is 0.0199. The highest BCUT2D eigenvalue weighted by Crippen LogP contribution is 2.16. The minimum Gasteiger partial charge on any atom is -0.392 e. The first-order valence-corrected chi connectivity index (χ1v) is 7.97. The molecular weight excluding hydrogens is 304 g/mol.